The van der Waals surface area contributed by atoms with Crippen molar-refractivity contribution in [3.8, 4) is 0 Å². The average molecular weight is 431 g/mol. The average Bonchev–Trinajstić information content (AvgIpc) is 2.77. The van der Waals surface area contributed by atoms with Crippen molar-refractivity contribution in [3.05, 3.63) is 29.8 Å². The quantitative estimate of drug-likeness (QED) is 0.213. The van der Waals surface area contributed by atoms with Crippen LogP contribution in [0.4, 0.5) is 5.69 Å². The lowest BCUT2D eigenvalue weighted by atomic mass is 9.90. The highest BCUT2D eigenvalue weighted by Gasteiger charge is 2.22. The molecule has 0 saturated carbocycles. The van der Waals surface area contributed by atoms with Crippen LogP contribution in [-0.2, 0) is 4.79 Å². The highest BCUT2D eigenvalue weighted by Crippen LogP contribution is 2.31. The second kappa shape index (κ2) is 18.1. The van der Waals surface area contributed by atoms with Gasteiger partial charge >= 0.3 is 0 Å². The minimum Gasteiger partial charge on any atom is -0.372 e. The van der Waals surface area contributed by atoms with E-state index in [2.05, 4.69) is 43.9 Å². The Hall–Kier alpha value is -1.51. The summed E-state index contributed by atoms with van der Waals surface area (Å²) >= 11 is 0. The molecule has 1 unspecified atom stereocenters. The maximum atomic E-state index is 12.2. The molecule has 0 aliphatic carbocycles. The number of hydrogen-bond donors (Lipinski definition) is 1. The lowest BCUT2D eigenvalue weighted by Gasteiger charge is -2.27. The number of nitrogens with zero attached hydrogens (tertiary/aromatic N) is 1. The zero-order chi connectivity index (χ0) is 22.7. The first-order chi connectivity index (χ1) is 15.2. The topological polar surface area (TPSA) is 46.3 Å². The largest absolute Gasteiger partial charge is 0.372 e. The van der Waals surface area contributed by atoms with Gasteiger partial charge in [-0.1, -0.05) is 115 Å². The van der Waals surface area contributed by atoms with Crippen LogP contribution < -0.4 is 10.6 Å². The summed E-state index contributed by atoms with van der Waals surface area (Å²) in [6.07, 6.45) is 19.8. The zero-order valence-electron chi connectivity index (χ0n) is 20.8. The Morgan fingerprint density at radius 1 is 0.742 bits per heavy atom. The number of hydrogen-bond acceptors (Lipinski definition) is 2. The highest BCUT2D eigenvalue weighted by molar-refractivity contribution is 5.84. The van der Waals surface area contributed by atoms with Crippen molar-refractivity contribution in [2.24, 2.45) is 5.73 Å². The van der Waals surface area contributed by atoms with Crippen LogP contribution in [0.15, 0.2) is 24.3 Å². The first-order valence-corrected chi connectivity index (χ1v) is 13.3. The van der Waals surface area contributed by atoms with Crippen molar-refractivity contribution in [1.29, 1.82) is 0 Å². The fourth-order valence-electron chi connectivity index (χ4n) is 4.63. The first kappa shape index (κ1) is 27.5. The summed E-state index contributed by atoms with van der Waals surface area (Å²) in [5, 5.41) is 0. The molecule has 2 N–H and O–H groups in total. The third-order valence-electron chi connectivity index (χ3n) is 6.61. The van der Waals surface area contributed by atoms with E-state index in [-0.39, 0.29) is 11.8 Å². The third-order valence-corrected chi connectivity index (χ3v) is 6.61. The van der Waals surface area contributed by atoms with Gasteiger partial charge in [0, 0.05) is 18.8 Å². The van der Waals surface area contributed by atoms with E-state index in [1.165, 1.54) is 89.2 Å². The zero-order valence-corrected chi connectivity index (χ0v) is 20.8. The molecule has 3 nitrogen and oxygen atoms in total. The van der Waals surface area contributed by atoms with Gasteiger partial charge in [0.25, 0.3) is 0 Å². The summed E-state index contributed by atoms with van der Waals surface area (Å²) < 4.78 is 0. The van der Waals surface area contributed by atoms with Gasteiger partial charge in [0.1, 0.15) is 0 Å². The summed E-state index contributed by atoms with van der Waals surface area (Å²) in [6, 6.07) is 8.31. The molecule has 1 aromatic rings. The van der Waals surface area contributed by atoms with E-state index in [0.717, 1.165) is 31.5 Å². The van der Waals surface area contributed by atoms with Crippen LogP contribution in [0.25, 0.3) is 0 Å². The highest BCUT2D eigenvalue weighted by atomic mass is 16.1. The van der Waals surface area contributed by atoms with Crippen molar-refractivity contribution in [1.82, 2.24) is 0 Å². The smallest absolute Gasteiger partial charge is 0.225 e. The molecule has 0 bridgehead atoms. The molecule has 178 valence electrons. The number of nitrogens with two attached hydrogens (primary N) is 1. The Labute approximate surface area is 193 Å². The van der Waals surface area contributed by atoms with Crippen LogP contribution in [0.1, 0.15) is 129 Å². The van der Waals surface area contributed by atoms with Crippen LogP contribution in [0.5, 0.6) is 0 Å². The molecule has 0 radical (unpaired) electrons. The molecule has 0 aliphatic rings. The molecule has 31 heavy (non-hydrogen) atoms. The van der Waals surface area contributed by atoms with Gasteiger partial charge < -0.3 is 10.6 Å². The second-order valence-electron chi connectivity index (χ2n) is 9.07. The summed E-state index contributed by atoms with van der Waals surface area (Å²) in [6.45, 7) is 8.48. The van der Waals surface area contributed by atoms with Gasteiger partial charge in [-0.3, -0.25) is 4.79 Å². The molecule has 0 saturated heterocycles. The van der Waals surface area contributed by atoms with Crippen LogP contribution in [-0.4, -0.2) is 19.0 Å². The Morgan fingerprint density at radius 2 is 1.19 bits per heavy atom. The van der Waals surface area contributed by atoms with Crippen molar-refractivity contribution in [2.45, 2.75) is 123 Å². The minimum atomic E-state index is -0.186. The van der Waals surface area contributed by atoms with E-state index in [0.29, 0.717) is 0 Å². The molecule has 0 aromatic heterocycles. The van der Waals surface area contributed by atoms with Crippen molar-refractivity contribution < 1.29 is 4.79 Å². The second-order valence-corrected chi connectivity index (χ2v) is 9.07. The van der Waals surface area contributed by atoms with Crippen molar-refractivity contribution in [2.75, 3.05) is 18.0 Å². The SMILES string of the molecule is CCCCCCCCCCCCCCCCC(C(N)=O)c1ccccc1N(CC)CC. The van der Waals surface area contributed by atoms with E-state index >= 15 is 0 Å². The summed E-state index contributed by atoms with van der Waals surface area (Å²) in [5.74, 6) is -0.358. The number of primary amides is 1. The van der Waals surface area contributed by atoms with Gasteiger partial charge in [0.15, 0.2) is 0 Å². The number of carbonyl (C=O) groups excluding carboxylic acids is 1. The molecule has 0 fully saturated rings. The van der Waals surface area contributed by atoms with Gasteiger partial charge in [0.05, 0.1) is 5.92 Å². The molecule has 1 rings (SSSR count). The molecule has 0 spiro atoms. The standard InChI is InChI=1S/C28H50N2O/c1-4-7-8-9-10-11-12-13-14-15-16-17-18-19-23-26(28(29)31)25-22-20-21-24-27(25)30(5-2)6-3/h20-22,24,26H,4-19,23H2,1-3H3,(H2,29,31). The number of para-hydroxylation sites is 1. The van der Waals surface area contributed by atoms with Gasteiger partial charge in [0.2, 0.25) is 5.91 Å². The Kier molecular flexibility index (Phi) is 16.1. The van der Waals surface area contributed by atoms with Crippen LogP contribution in [0.3, 0.4) is 0 Å². The molecular formula is C28H50N2O. The van der Waals surface area contributed by atoms with Crippen LogP contribution in [0.2, 0.25) is 0 Å². The molecular weight excluding hydrogens is 380 g/mol. The van der Waals surface area contributed by atoms with Crippen molar-refractivity contribution in [3.63, 3.8) is 0 Å². The number of anilines is 1. The number of benzene rings is 1. The molecule has 0 heterocycles. The maximum Gasteiger partial charge on any atom is 0.225 e. The summed E-state index contributed by atoms with van der Waals surface area (Å²) in [5.41, 5.74) is 8.09. The van der Waals surface area contributed by atoms with Gasteiger partial charge in [-0.15, -0.1) is 0 Å². The normalized spacial score (nSPS) is 12.1. The Bertz CT molecular complexity index is 568. The lowest BCUT2D eigenvalue weighted by Crippen LogP contribution is -2.27. The molecule has 1 amide bonds. The van der Waals surface area contributed by atoms with E-state index in [1.807, 2.05) is 6.07 Å². The van der Waals surface area contributed by atoms with E-state index in [9.17, 15) is 4.79 Å². The first-order valence-electron chi connectivity index (χ1n) is 13.3. The van der Waals surface area contributed by atoms with Gasteiger partial charge in [-0.2, -0.15) is 0 Å². The predicted octanol–water partition coefficient (Wildman–Crippen LogP) is 7.97. The third kappa shape index (κ3) is 11.6. The fourth-order valence-corrected chi connectivity index (χ4v) is 4.63. The monoisotopic (exact) mass is 430 g/mol. The molecule has 3 heteroatoms. The molecule has 1 atom stereocenters. The van der Waals surface area contributed by atoms with E-state index in [4.69, 9.17) is 5.73 Å². The number of carbonyl (C=O) groups is 1. The summed E-state index contributed by atoms with van der Waals surface area (Å²) in [7, 11) is 0. The Morgan fingerprint density at radius 3 is 1.65 bits per heavy atom. The minimum absolute atomic E-state index is 0.172. The molecule has 0 aliphatic heterocycles. The van der Waals surface area contributed by atoms with Gasteiger partial charge in [-0.25, -0.2) is 0 Å². The van der Waals surface area contributed by atoms with Crippen LogP contribution in [0, 0.1) is 0 Å². The van der Waals surface area contributed by atoms with Gasteiger partial charge in [-0.05, 0) is 31.9 Å². The fraction of sp³-hybridized carbons (Fsp3) is 0.750. The predicted molar refractivity (Wildman–Crippen MR) is 137 cm³/mol. The lowest BCUT2D eigenvalue weighted by molar-refractivity contribution is -0.119. The molecule has 1 aromatic carbocycles. The van der Waals surface area contributed by atoms with Crippen LogP contribution >= 0.6 is 0 Å². The van der Waals surface area contributed by atoms with E-state index < -0.39 is 0 Å². The number of rotatable bonds is 20. The maximum absolute atomic E-state index is 12.2. The Balaban J connectivity index is 2.22. The summed E-state index contributed by atoms with van der Waals surface area (Å²) in [4.78, 5) is 14.5. The number of unbranched alkanes of at least 4 members (excludes halogenated alkanes) is 13. The van der Waals surface area contributed by atoms with Crippen molar-refractivity contribution >= 4 is 11.6 Å². The van der Waals surface area contributed by atoms with E-state index in [1.54, 1.807) is 0 Å². The number of amides is 1.